The third-order valence-corrected chi connectivity index (χ3v) is 7.94. The van der Waals surface area contributed by atoms with Crippen molar-refractivity contribution in [2.45, 2.75) is 38.2 Å². The van der Waals surface area contributed by atoms with Gasteiger partial charge in [0.2, 0.25) is 0 Å². The molecule has 0 fully saturated rings. The topological polar surface area (TPSA) is 105 Å². The molecule has 1 aromatic heterocycles. The number of aromatic nitrogens is 2. The van der Waals surface area contributed by atoms with Crippen molar-refractivity contribution in [2.75, 3.05) is 0 Å². The molecule has 40 heavy (non-hydrogen) atoms. The van der Waals surface area contributed by atoms with Gasteiger partial charge in [-0.1, -0.05) is 61.9 Å². The number of aryl methyl sites for hydroxylation is 1. The number of nitrogens with one attached hydrogen (secondary N) is 1. The molecule has 7 nitrogen and oxygen atoms in total. The van der Waals surface area contributed by atoms with E-state index >= 15 is 0 Å². The molecule has 2 aromatic carbocycles. The van der Waals surface area contributed by atoms with Crippen LogP contribution in [0.3, 0.4) is 0 Å². The van der Waals surface area contributed by atoms with E-state index in [1.807, 2.05) is 42.5 Å². The number of carboxylic acids is 1. The van der Waals surface area contributed by atoms with Crippen LogP contribution in [0.25, 0.3) is 22.3 Å². The molecule has 0 saturated heterocycles. The van der Waals surface area contributed by atoms with Crippen molar-refractivity contribution in [1.82, 2.24) is 9.97 Å². The summed E-state index contributed by atoms with van der Waals surface area (Å²) in [5.41, 5.74) is 4.68. The molecule has 1 unspecified atom stereocenters. The molecule has 1 aliphatic heterocycles. The fourth-order valence-electron chi connectivity index (χ4n) is 4.75. The van der Waals surface area contributed by atoms with Crippen molar-refractivity contribution in [3.63, 3.8) is 0 Å². The number of carboxylic acid groups (broad SMARTS) is 1. The monoisotopic (exact) mass is 620 g/mol. The molecule has 3 aromatic rings. The summed E-state index contributed by atoms with van der Waals surface area (Å²) < 4.78 is 11.8. The first-order chi connectivity index (χ1) is 19.4. The number of unbranched alkanes of at least 4 members (excludes halogenated alkanes) is 1. The van der Waals surface area contributed by atoms with Crippen molar-refractivity contribution >= 4 is 39.5 Å². The number of hydrogen-bond acceptors (Lipinski definition) is 5. The number of halogens is 2. The van der Waals surface area contributed by atoms with E-state index in [1.54, 1.807) is 24.5 Å². The lowest BCUT2D eigenvalue weighted by molar-refractivity contribution is 0.0473. The predicted molar refractivity (Wildman–Crippen MR) is 156 cm³/mol. The quantitative estimate of drug-likeness (QED) is 0.120. The third-order valence-electron chi connectivity index (χ3n) is 6.69. The fourth-order valence-corrected chi connectivity index (χ4v) is 5.87. The molecule has 2 aliphatic rings. The second-order valence-electron chi connectivity index (χ2n) is 9.31. The number of aromatic amines is 1. The van der Waals surface area contributed by atoms with E-state index in [9.17, 15) is 14.7 Å². The summed E-state index contributed by atoms with van der Waals surface area (Å²) in [6.45, 7) is 2.18. The molecular formula is C31H26BrClN2O5. The average molecular weight is 622 g/mol. The maximum Gasteiger partial charge on any atom is 0.354 e. The highest BCUT2D eigenvalue weighted by molar-refractivity contribution is 9.10. The smallest absolute Gasteiger partial charge is 0.354 e. The molecule has 5 rings (SSSR count). The van der Waals surface area contributed by atoms with E-state index in [4.69, 9.17) is 20.8 Å². The number of H-pyrrole nitrogens is 1. The number of carbonyl (C=O) groups excluding carboxylic acids is 1. The van der Waals surface area contributed by atoms with Crippen LogP contribution in [0, 0.1) is 0 Å². The molecule has 9 heteroatoms. The van der Waals surface area contributed by atoms with Gasteiger partial charge in [0, 0.05) is 22.0 Å². The van der Waals surface area contributed by atoms with Gasteiger partial charge in [0.25, 0.3) is 0 Å². The van der Waals surface area contributed by atoms with Gasteiger partial charge in [0.05, 0.1) is 23.8 Å². The Hall–Kier alpha value is -3.88. The van der Waals surface area contributed by atoms with Crippen LogP contribution in [-0.4, -0.2) is 27.0 Å². The average Bonchev–Trinajstić information content (AvgIpc) is 3.54. The van der Waals surface area contributed by atoms with Gasteiger partial charge in [-0.2, -0.15) is 0 Å². The summed E-state index contributed by atoms with van der Waals surface area (Å²) >= 11 is 10.8. The lowest BCUT2D eigenvalue weighted by Gasteiger charge is -2.15. The first-order valence-corrected chi connectivity index (χ1v) is 14.1. The lowest BCUT2D eigenvalue weighted by Crippen LogP contribution is -2.08. The third kappa shape index (κ3) is 5.42. The maximum atomic E-state index is 13.4. The lowest BCUT2D eigenvalue weighted by atomic mass is 9.95. The van der Waals surface area contributed by atoms with Crippen LogP contribution >= 0.6 is 27.5 Å². The van der Waals surface area contributed by atoms with E-state index in [0.717, 1.165) is 29.5 Å². The fraction of sp³-hybridized carbons (Fsp3) is 0.194. The summed E-state index contributed by atoms with van der Waals surface area (Å²) in [4.78, 5) is 33.1. The van der Waals surface area contributed by atoms with Crippen molar-refractivity contribution in [3.8, 4) is 22.3 Å². The second-order valence-corrected chi connectivity index (χ2v) is 10.5. The Balaban J connectivity index is 1.63. The Labute approximate surface area is 244 Å². The number of alkyl halides is 1. The summed E-state index contributed by atoms with van der Waals surface area (Å²) in [6.07, 6.45) is 5.51. The van der Waals surface area contributed by atoms with E-state index in [2.05, 4.69) is 32.8 Å². The Kier molecular flexibility index (Phi) is 8.38. The van der Waals surface area contributed by atoms with Gasteiger partial charge in [-0.3, -0.25) is 0 Å². The molecule has 0 spiro atoms. The number of aromatic carboxylic acids is 1. The maximum absolute atomic E-state index is 13.4. The van der Waals surface area contributed by atoms with Crippen LogP contribution in [0.2, 0.25) is 0 Å². The Morgan fingerprint density at radius 3 is 2.58 bits per heavy atom. The zero-order valence-electron chi connectivity index (χ0n) is 21.6. The molecule has 1 atom stereocenters. The summed E-state index contributed by atoms with van der Waals surface area (Å²) in [5, 5.41) is 9.01. The van der Waals surface area contributed by atoms with Gasteiger partial charge < -0.3 is 19.2 Å². The number of nitrogens with zero attached hydrogens (tertiary/aromatic N) is 1. The first-order valence-electron chi connectivity index (χ1n) is 12.8. The summed E-state index contributed by atoms with van der Waals surface area (Å²) in [6, 6.07) is 18.3. The highest BCUT2D eigenvalue weighted by Gasteiger charge is 2.34. The van der Waals surface area contributed by atoms with Gasteiger partial charge in [-0.05, 0) is 56.7 Å². The number of imidazole rings is 1. The van der Waals surface area contributed by atoms with Crippen molar-refractivity contribution < 1.29 is 23.8 Å². The number of fused-ring (bicyclic) bond motifs is 1. The molecular weight excluding hydrogens is 596 g/mol. The largest absolute Gasteiger partial charge is 0.477 e. The number of esters is 1. The van der Waals surface area contributed by atoms with Crippen LogP contribution in [0.5, 0.6) is 0 Å². The molecule has 0 amide bonds. The number of hydrogen-bond donors (Lipinski definition) is 2. The van der Waals surface area contributed by atoms with E-state index in [1.165, 1.54) is 6.26 Å². The molecule has 204 valence electrons. The number of benzene rings is 2. The van der Waals surface area contributed by atoms with Crippen LogP contribution in [0.4, 0.5) is 0 Å². The van der Waals surface area contributed by atoms with E-state index < -0.39 is 17.3 Å². The van der Waals surface area contributed by atoms with Crippen LogP contribution in [-0.2, 0) is 17.8 Å². The van der Waals surface area contributed by atoms with Gasteiger partial charge in [-0.15, -0.1) is 11.6 Å². The number of ether oxygens (including phenoxy) is 1. The SMILES string of the molecule is CCCCc1nc(C(Cl)c2c3ccocc-3c(Br)c2-c2ccccc2C(=O)OCc2ccccc2)c(C(=O)O)[nH]1. The normalized spacial score (nSPS) is 12.0. The minimum Gasteiger partial charge on any atom is -0.477 e. The van der Waals surface area contributed by atoms with Crippen molar-refractivity contribution in [2.24, 2.45) is 0 Å². The van der Waals surface area contributed by atoms with Crippen molar-refractivity contribution in [3.05, 3.63) is 112 Å². The second kappa shape index (κ2) is 12.1. The highest BCUT2D eigenvalue weighted by Crippen LogP contribution is 2.52. The van der Waals surface area contributed by atoms with Gasteiger partial charge in [0.1, 0.15) is 23.5 Å². The summed E-state index contributed by atoms with van der Waals surface area (Å²) in [5.74, 6) is -1.07. The molecule has 2 N–H and O–H groups in total. The highest BCUT2D eigenvalue weighted by atomic mass is 79.9. The number of rotatable bonds is 10. The minimum atomic E-state index is -1.15. The molecule has 0 radical (unpaired) electrons. The Morgan fingerprint density at radius 2 is 1.82 bits per heavy atom. The zero-order valence-corrected chi connectivity index (χ0v) is 24.0. The van der Waals surface area contributed by atoms with Crippen LogP contribution in [0.1, 0.15) is 68.6 Å². The van der Waals surface area contributed by atoms with Crippen LogP contribution in [0.15, 0.2) is 82.1 Å². The summed E-state index contributed by atoms with van der Waals surface area (Å²) in [7, 11) is 0. The zero-order chi connectivity index (χ0) is 28.2. The molecule has 2 heterocycles. The first kappa shape index (κ1) is 27.7. The predicted octanol–water partition coefficient (Wildman–Crippen LogP) is 8.26. The molecule has 1 aliphatic carbocycles. The van der Waals surface area contributed by atoms with Gasteiger partial charge in [-0.25, -0.2) is 14.6 Å². The Morgan fingerprint density at radius 1 is 1.07 bits per heavy atom. The van der Waals surface area contributed by atoms with E-state index in [-0.39, 0.29) is 18.0 Å². The van der Waals surface area contributed by atoms with Gasteiger partial charge in [0.15, 0.2) is 0 Å². The van der Waals surface area contributed by atoms with Gasteiger partial charge >= 0.3 is 11.9 Å². The number of carbonyl (C=O) groups is 2. The standard InChI is InChI=1S/C31H26BrClN2O5/c1-2-3-13-23-34-28(29(35-23)30(36)37)27(33)25-20-14-15-39-17-22(20)26(32)24(25)19-11-7-8-12-21(19)31(38)40-16-18-9-5-4-6-10-18/h4-12,14-15,17,27H,2-3,13,16H2,1H3,(H,34,35)(H,36,37). The molecule has 0 saturated carbocycles. The molecule has 0 bridgehead atoms. The minimum absolute atomic E-state index is 0.0568. The van der Waals surface area contributed by atoms with E-state index in [0.29, 0.717) is 39.0 Å². The van der Waals surface area contributed by atoms with Crippen LogP contribution < -0.4 is 0 Å². The Bertz CT molecular complexity index is 1630. The van der Waals surface area contributed by atoms with Crippen molar-refractivity contribution in [1.29, 1.82) is 0 Å².